The summed E-state index contributed by atoms with van der Waals surface area (Å²) < 4.78 is 33.8. The fourth-order valence-corrected chi connectivity index (χ4v) is 6.11. The highest BCUT2D eigenvalue weighted by molar-refractivity contribution is 7.89. The summed E-state index contributed by atoms with van der Waals surface area (Å²) in [7, 11) is -3.66. The van der Waals surface area contributed by atoms with E-state index < -0.39 is 15.9 Å². The van der Waals surface area contributed by atoms with E-state index in [9.17, 15) is 13.2 Å². The number of sulfonamides is 1. The highest BCUT2D eigenvalue weighted by Crippen LogP contribution is 2.30. The Kier molecular flexibility index (Phi) is 6.18. The van der Waals surface area contributed by atoms with Gasteiger partial charge in [0.2, 0.25) is 15.2 Å². The molecule has 1 aromatic heterocycles. The molecule has 0 aliphatic carbocycles. The minimum Gasteiger partial charge on any atom is -0.373 e. The van der Waals surface area contributed by atoms with Crippen LogP contribution in [0.5, 0.6) is 0 Å². The zero-order valence-corrected chi connectivity index (χ0v) is 19.2. The van der Waals surface area contributed by atoms with E-state index >= 15 is 0 Å². The molecule has 3 aromatic rings. The zero-order valence-electron chi connectivity index (χ0n) is 16.8. The maximum absolute atomic E-state index is 12.9. The summed E-state index contributed by atoms with van der Waals surface area (Å²) in [5.74, 6) is -0.414. The van der Waals surface area contributed by atoms with E-state index in [2.05, 4.69) is 15.8 Å². The summed E-state index contributed by atoms with van der Waals surface area (Å²) in [6.07, 6.45) is -0.348. The van der Waals surface area contributed by atoms with Gasteiger partial charge in [0.05, 0.1) is 26.8 Å². The van der Waals surface area contributed by atoms with Gasteiger partial charge in [0, 0.05) is 18.7 Å². The number of nitrogens with zero attached hydrogens (tertiary/aromatic N) is 2. The Morgan fingerprint density at radius 1 is 1.16 bits per heavy atom. The Balaban J connectivity index is 1.43. The van der Waals surface area contributed by atoms with Crippen molar-refractivity contribution in [3.63, 3.8) is 0 Å². The number of para-hydroxylation sites is 1. The van der Waals surface area contributed by atoms with E-state index in [4.69, 9.17) is 16.3 Å². The predicted molar refractivity (Wildman–Crippen MR) is 121 cm³/mol. The standard InChI is InChI=1S/C20H21ClN4O4S2/c1-12-10-25(11-13(2)29-12)31(27,28)15-8-6-14(7-9-15)19(26)23-24-20-22-18-16(21)4-3-5-17(18)30-20/h3-9,12-13H,10-11H2,1-2H3,(H,22,24)(H,23,26)/t12-,13-/m1/s1. The van der Waals surface area contributed by atoms with Crippen LogP contribution in [0.25, 0.3) is 10.2 Å². The summed E-state index contributed by atoms with van der Waals surface area (Å²) in [6.45, 7) is 4.28. The first-order chi connectivity index (χ1) is 14.7. The van der Waals surface area contributed by atoms with Gasteiger partial charge in [-0.05, 0) is 50.2 Å². The number of carbonyl (C=O) groups excluding carboxylic acids is 1. The van der Waals surface area contributed by atoms with Crippen LogP contribution in [0, 0.1) is 0 Å². The average Bonchev–Trinajstić information content (AvgIpc) is 3.16. The number of hydrogen-bond acceptors (Lipinski definition) is 7. The van der Waals surface area contributed by atoms with Gasteiger partial charge in [0.25, 0.3) is 5.91 Å². The predicted octanol–water partition coefficient (Wildman–Crippen LogP) is 3.50. The molecule has 1 aliphatic rings. The number of nitrogens with one attached hydrogen (secondary N) is 2. The van der Waals surface area contributed by atoms with Crippen molar-refractivity contribution in [3.8, 4) is 0 Å². The van der Waals surface area contributed by atoms with E-state index in [1.807, 2.05) is 26.0 Å². The number of amides is 1. The maximum Gasteiger partial charge on any atom is 0.269 e. The molecule has 1 fully saturated rings. The summed E-state index contributed by atoms with van der Waals surface area (Å²) in [5.41, 5.74) is 6.32. The smallest absolute Gasteiger partial charge is 0.269 e. The number of carbonyl (C=O) groups is 1. The molecular formula is C20H21ClN4O4S2. The normalized spacial score (nSPS) is 20.0. The van der Waals surface area contributed by atoms with E-state index in [0.717, 1.165) is 4.70 Å². The van der Waals surface area contributed by atoms with Crippen LogP contribution >= 0.6 is 22.9 Å². The van der Waals surface area contributed by atoms with Crippen molar-refractivity contribution in [2.75, 3.05) is 18.5 Å². The highest BCUT2D eigenvalue weighted by Gasteiger charge is 2.32. The maximum atomic E-state index is 12.9. The molecular weight excluding hydrogens is 460 g/mol. The SMILES string of the molecule is C[C@@H]1CN(S(=O)(=O)c2ccc(C(=O)NNc3nc4c(Cl)cccc4s3)cc2)C[C@@H](C)O1. The molecule has 11 heteroatoms. The van der Waals surface area contributed by atoms with Crippen molar-refractivity contribution in [1.29, 1.82) is 0 Å². The van der Waals surface area contributed by atoms with Crippen molar-refractivity contribution in [2.24, 2.45) is 0 Å². The number of aromatic nitrogens is 1. The topological polar surface area (TPSA) is 101 Å². The van der Waals surface area contributed by atoms with Crippen molar-refractivity contribution >= 4 is 54.2 Å². The Morgan fingerprint density at radius 3 is 2.48 bits per heavy atom. The monoisotopic (exact) mass is 480 g/mol. The lowest BCUT2D eigenvalue weighted by atomic mass is 10.2. The average molecular weight is 481 g/mol. The van der Waals surface area contributed by atoms with Gasteiger partial charge in [-0.3, -0.25) is 15.6 Å². The Labute approximate surface area is 189 Å². The van der Waals surface area contributed by atoms with Crippen LogP contribution in [-0.2, 0) is 14.8 Å². The van der Waals surface area contributed by atoms with Crippen LogP contribution < -0.4 is 10.9 Å². The number of anilines is 1. The molecule has 2 heterocycles. The summed E-state index contributed by atoms with van der Waals surface area (Å²) in [6, 6.07) is 11.3. The number of thiazole rings is 1. The van der Waals surface area contributed by atoms with Crippen molar-refractivity contribution in [3.05, 3.63) is 53.1 Å². The lowest BCUT2D eigenvalue weighted by Crippen LogP contribution is -2.48. The fourth-order valence-electron chi connectivity index (χ4n) is 3.41. The molecule has 2 N–H and O–H groups in total. The molecule has 4 rings (SSSR count). The van der Waals surface area contributed by atoms with Gasteiger partial charge in [-0.2, -0.15) is 4.31 Å². The number of halogens is 1. The second-order valence-electron chi connectivity index (χ2n) is 7.29. The first-order valence-electron chi connectivity index (χ1n) is 9.61. The Hall–Kier alpha value is -2.24. The number of ether oxygens (including phenoxy) is 1. The third-order valence-electron chi connectivity index (χ3n) is 4.79. The van der Waals surface area contributed by atoms with Crippen LogP contribution in [0.3, 0.4) is 0 Å². The zero-order chi connectivity index (χ0) is 22.2. The number of morpholine rings is 1. The molecule has 0 radical (unpaired) electrons. The minimum absolute atomic E-state index is 0.138. The second-order valence-corrected chi connectivity index (χ2v) is 10.7. The van der Waals surface area contributed by atoms with Crippen LogP contribution in [0.1, 0.15) is 24.2 Å². The molecule has 1 aliphatic heterocycles. The molecule has 0 saturated carbocycles. The molecule has 0 spiro atoms. The van der Waals surface area contributed by atoms with Gasteiger partial charge in [-0.15, -0.1) is 0 Å². The first kappa shape index (κ1) is 22.0. The molecule has 8 nitrogen and oxygen atoms in total. The number of hydrazine groups is 1. The van der Waals surface area contributed by atoms with Crippen molar-refractivity contribution in [1.82, 2.24) is 14.7 Å². The van der Waals surface area contributed by atoms with Crippen LogP contribution in [-0.4, -0.2) is 48.9 Å². The van der Waals surface area contributed by atoms with E-state index in [0.29, 0.717) is 34.3 Å². The van der Waals surface area contributed by atoms with Gasteiger partial charge in [0.1, 0.15) is 5.52 Å². The molecule has 0 unspecified atom stereocenters. The molecule has 31 heavy (non-hydrogen) atoms. The Morgan fingerprint density at radius 2 is 1.84 bits per heavy atom. The van der Waals surface area contributed by atoms with Crippen LogP contribution in [0.15, 0.2) is 47.4 Å². The van der Waals surface area contributed by atoms with Gasteiger partial charge < -0.3 is 4.74 Å². The molecule has 164 valence electrons. The lowest BCUT2D eigenvalue weighted by Gasteiger charge is -2.34. The van der Waals surface area contributed by atoms with E-state index in [1.54, 1.807) is 6.07 Å². The first-order valence-corrected chi connectivity index (χ1v) is 12.2. The number of fused-ring (bicyclic) bond motifs is 1. The minimum atomic E-state index is -3.66. The largest absolute Gasteiger partial charge is 0.373 e. The van der Waals surface area contributed by atoms with Gasteiger partial charge in [-0.1, -0.05) is 29.0 Å². The fraction of sp³-hybridized carbons (Fsp3) is 0.300. The number of benzene rings is 2. The molecule has 1 saturated heterocycles. The third kappa shape index (κ3) is 4.68. The van der Waals surface area contributed by atoms with Gasteiger partial charge in [-0.25, -0.2) is 13.4 Å². The third-order valence-corrected chi connectivity index (χ3v) is 7.88. The Bertz CT molecular complexity index is 1200. The quantitative estimate of drug-likeness (QED) is 0.542. The van der Waals surface area contributed by atoms with Crippen molar-refractivity contribution in [2.45, 2.75) is 31.0 Å². The molecule has 2 atom stereocenters. The molecule has 0 bridgehead atoms. The van der Waals surface area contributed by atoms with Crippen LogP contribution in [0.4, 0.5) is 5.13 Å². The molecule has 1 amide bonds. The number of rotatable bonds is 5. The summed E-state index contributed by atoms with van der Waals surface area (Å²) in [4.78, 5) is 16.9. The van der Waals surface area contributed by atoms with Gasteiger partial charge in [0.15, 0.2) is 0 Å². The lowest BCUT2D eigenvalue weighted by molar-refractivity contribution is -0.0440. The number of hydrogen-bond donors (Lipinski definition) is 2. The van der Waals surface area contributed by atoms with E-state index in [-0.39, 0.29) is 17.1 Å². The van der Waals surface area contributed by atoms with Crippen molar-refractivity contribution < 1.29 is 17.9 Å². The molecule has 2 aromatic carbocycles. The summed E-state index contributed by atoms with van der Waals surface area (Å²) in [5, 5.41) is 1.03. The summed E-state index contributed by atoms with van der Waals surface area (Å²) >= 11 is 7.48. The van der Waals surface area contributed by atoms with E-state index in [1.165, 1.54) is 39.9 Å². The second kappa shape index (κ2) is 8.71. The highest BCUT2D eigenvalue weighted by atomic mass is 35.5. The van der Waals surface area contributed by atoms with Gasteiger partial charge >= 0.3 is 0 Å². The van der Waals surface area contributed by atoms with Crippen LogP contribution in [0.2, 0.25) is 5.02 Å².